The van der Waals surface area contributed by atoms with Gasteiger partial charge in [0.15, 0.2) is 0 Å². The van der Waals surface area contributed by atoms with Gasteiger partial charge in [-0.3, -0.25) is 0 Å². The third-order valence-corrected chi connectivity index (χ3v) is 10.1. The molecule has 3 nitrogen and oxygen atoms in total. The fourth-order valence-electron chi connectivity index (χ4n) is 7.83. The zero-order chi connectivity index (χ0) is 26.8. The Hall–Kier alpha value is -1.68. The minimum atomic E-state index is -0.616. The van der Waals surface area contributed by atoms with Crippen molar-refractivity contribution in [1.29, 1.82) is 0 Å². The minimum absolute atomic E-state index is 0.162. The van der Waals surface area contributed by atoms with Gasteiger partial charge in [-0.1, -0.05) is 75.2 Å². The van der Waals surface area contributed by atoms with Crippen LogP contribution in [0.5, 0.6) is 0 Å². The fourth-order valence-corrected chi connectivity index (χ4v) is 7.83. The zero-order valence-electron chi connectivity index (χ0n) is 23.8. The lowest BCUT2D eigenvalue weighted by atomic mass is 9.62. The third-order valence-electron chi connectivity index (χ3n) is 10.1. The van der Waals surface area contributed by atoms with Crippen molar-refractivity contribution in [3.8, 4) is 0 Å². The second-order valence-electron chi connectivity index (χ2n) is 13.3. The van der Waals surface area contributed by atoms with Crippen LogP contribution in [0.4, 0.5) is 0 Å². The highest BCUT2D eigenvalue weighted by molar-refractivity contribution is 5.38. The van der Waals surface area contributed by atoms with E-state index >= 15 is 0 Å². The number of rotatable bonds is 9. The van der Waals surface area contributed by atoms with Gasteiger partial charge in [-0.15, -0.1) is 0 Å². The van der Waals surface area contributed by atoms with E-state index < -0.39 is 17.8 Å². The van der Waals surface area contributed by atoms with E-state index in [0.29, 0.717) is 30.1 Å². The zero-order valence-corrected chi connectivity index (χ0v) is 23.8. The Morgan fingerprint density at radius 1 is 1.11 bits per heavy atom. The molecular weight excluding hydrogens is 456 g/mol. The average molecular weight is 507 g/mol. The van der Waals surface area contributed by atoms with E-state index in [2.05, 4.69) is 44.2 Å². The van der Waals surface area contributed by atoms with Crippen LogP contribution in [0.25, 0.3) is 0 Å². The van der Waals surface area contributed by atoms with E-state index in [9.17, 15) is 15.3 Å². The molecule has 0 spiro atoms. The summed E-state index contributed by atoms with van der Waals surface area (Å²) < 4.78 is 0. The molecule has 7 atom stereocenters. The number of allylic oxidation sites excluding steroid dienone is 4. The first-order chi connectivity index (χ1) is 17.5. The lowest BCUT2D eigenvalue weighted by molar-refractivity contribution is 0.0203. The normalized spacial score (nSPS) is 33.5. The molecule has 3 aliphatic rings. The number of hydrogen-bond acceptors (Lipinski definition) is 3. The largest absolute Gasteiger partial charge is 0.392 e. The molecule has 37 heavy (non-hydrogen) atoms. The van der Waals surface area contributed by atoms with Crippen LogP contribution in [0.15, 0.2) is 65.3 Å². The summed E-state index contributed by atoms with van der Waals surface area (Å²) in [6.45, 7) is 10.8. The van der Waals surface area contributed by atoms with E-state index in [1.54, 1.807) is 0 Å². The van der Waals surface area contributed by atoms with Crippen molar-refractivity contribution in [2.24, 2.45) is 29.1 Å². The lowest BCUT2D eigenvalue weighted by Gasteiger charge is -2.43. The monoisotopic (exact) mass is 506 g/mol. The van der Waals surface area contributed by atoms with Gasteiger partial charge in [-0.25, -0.2) is 0 Å². The molecule has 1 fully saturated rings. The molecule has 4 rings (SSSR count). The van der Waals surface area contributed by atoms with Crippen LogP contribution in [0, 0.1) is 29.1 Å². The SMILES string of the molecule is CC1=C(/C=C\C2=CCC[C@@]3(C)[C@@H]2CC[C@@H]3[C@H](C)CCCC(C)(C)O)C[C@@H](O)[C@H](Cc2ccccc2)[C@@H]1O. The number of aliphatic hydroxyl groups is 3. The molecule has 0 heterocycles. The highest BCUT2D eigenvalue weighted by Gasteiger charge is 2.49. The Morgan fingerprint density at radius 2 is 1.84 bits per heavy atom. The summed E-state index contributed by atoms with van der Waals surface area (Å²) in [7, 11) is 0. The molecule has 204 valence electrons. The van der Waals surface area contributed by atoms with Crippen molar-refractivity contribution in [3.05, 3.63) is 70.8 Å². The molecule has 3 aliphatic carbocycles. The molecule has 0 saturated heterocycles. The predicted molar refractivity (Wildman–Crippen MR) is 153 cm³/mol. The van der Waals surface area contributed by atoms with Crippen molar-refractivity contribution in [1.82, 2.24) is 0 Å². The first-order valence-corrected chi connectivity index (χ1v) is 14.7. The third kappa shape index (κ3) is 6.49. The van der Waals surface area contributed by atoms with E-state index in [1.165, 1.54) is 31.3 Å². The van der Waals surface area contributed by atoms with Gasteiger partial charge in [0.1, 0.15) is 0 Å². The Kier molecular flexibility index (Phi) is 8.88. The van der Waals surface area contributed by atoms with E-state index in [1.807, 2.05) is 39.0 Å². The van der Waals surface area contributed by atoms with Gasteiger partial charge < -0.3 is 15.3 Å². The standard InChI is InChI=1S/C34H50O3/c1-23(11-9-19-33(3,4)37)29-17-18-30-26(14-10-20-34(29,30)5)15-16-27-22-31(35)28(32(36)24(27)2)21-25-12-7-6-8-13-25/h6-8,12-16,23,28-32,35-37H,9-11,17-22H2,1-5H3/b16-15-/t23-,28+,29-,30-,31-,32-,34-/m1/s1. The summed E-state index contributed by atoms with van der Waals surface area (Å²) in [6.07, 6.45) is 15.2. The van der Waals surface area contributed by atoms with E-state index in [-0.39, 0.29) is 5.92 Å². The number of fused-ring (bicyclic) bond motifs is 1. The molecule has 0 radical (unpaired) electrons. The van der Waals surface area contributed by atoms with Crippen LogP contribution in [-0.4, -0.2) is 33.1 Å². The summed E-state index contributed by atoms with van der Waals surface area (Å²) in [5.74, 6) is 1.83. The number of benzene rings is 1. The molecule has 0 amide bonds. The Labute approximate surface area is 225 Å². The molecule has 1 aromatic carbocycles. The second-order valence-corrected chi connectivity index (χ2v) is 13.3. The lowest BCUT2D eigenvalue weighted by Crippen LogP contribution is -2.38. The predicted octanol–water partition coefficient (Wildman–Crippen LogP) is 7.17. The highest BCUT2D eigenvalue weighted by Crippen LogP contribution is 2.59. The number of hydrogen-bond donors (Lipinski definition) is 3. The fraction of sp³-hybridized carbons (Fsp3) is 0.647. The maximum absolute atomic E-state index is 11.1. The van der Waals surface area contributed by atoms with Crippen LogP contribution < -0.4 is 0 Å². The average Bonchev–Trinajstić information content (AvgIpc) is 3.20. The highest BCUT2D eigenvalue weighted by atomic mass is 16.3. The van der Waals surface area contributed by atoms with Crippen molar-refractivity contribution in [3.63, 3.8) is 0 Å². The first kappa shape index (κ1) is 28.3. The summed E-state index contributed by atoms with van der Waals surface area (Å²) in [4.78, 5) is 0. The topological polar surface area (TPSA) is 60.7 Å². The Morgan fingerprint density at radius 3 is 2.54 bits per heavy atom. The Bertz CT molecular complexity index is 998. The summed E-state index contributed by atoms with van der Waals surface area (Å²) >= 11 is 0. The smallest absolute Gasteiger partial charge is 0.0809 e. The minimum Gasteiger partial charge on any atom is -0.392 e. The van der Waals surface area contributed by atoms with Gasteiger partial charge in [-0.05, 0) is 111 Å². The maximum Gasteiger partial charge on any atom is 0.0809 e. The second kappa shape index (κ2) is 11.6. The van der Waals surface area contributed by atoms with Crippen LogP contribution >= 0.6 is 0 Å². The Balaban J connectivity index is 1.43. The van der Waals surface area contributed by atoms with Crippen LogP contribution in [-0.2, 0) is 6.42 Å². The summed E-state index contributed by atoms with van der Waals surface area (Å²) in [5.41, 5.74) is 4.48. The van der Waals surface area contributed by atoms with Gasteiger partial charge in [0.05, 0.1) is 17.8 Å². The van der Waals surface area contributed by atoms with Crippen molar-refractivity contribution < 1.29 is 15.3 Å². The van der Waals surface area contributed by atoms with Gasteiger partial charge in [0.25, 0.3) is 0 Å². The van der Waals surface area contributed by atoms with Crippen LogP contribution in [0.2, 0.25) is 0 Å². The first-order valence-electron chi connectivity index (χ1n) is 14.7. The molecule has 3 heteroatoms. The van der Waals surface area contributed by atoms with Crippen LogP contribution in [0.1, 0.15) is 91.5 Å². The summed E-state index contributed by atoms with van der Waals surface area (Å²) in [5, 5.41) is 32.2. The molecule has 0 unspecified atom stereocenters. The molecular formula is C34H50O3. The van der Waals surface area contributed by atoms with Crippen molar-refractivity contribution in [2.45, 2.75) is 110 Å². The number of aliphatic hydroxyl groups excluding tert-OH is 2. The quantitative estimate of drug-likeness (QED) is 0.333. The van der Waals surface area contributed by atoms with Gasteiger partial charge in [0, 0.05) is 5.92 Å². The van der Waals surface area contributed by atoms with Gasteiger partial charge >= 0.3 is 0 Å². The summed E-state index contributed by atoms with van der Waals surface area (Å²) in [6, 6.07) is 10.2. The van der Waals surface area contributed by atoms with E-state index in [0.717, 1.165) is 41.9 Å². The van der Waals surface area contributed by atoms with Gasteiger partial charge in [-0.2, -0.15) is 0 Å². The molecule has 1 aromatic rings. The van der Waals surface area contributed by atoms with E-state index in [4.69, 9.17) is 0 Å². The molecule has 0 bridgehead atoms. The molecule has 1 saturated carbocycles. The molecule has 3 N–H and O–H groups in total. The van der Waals surface area contributed by atoms with Gasteiger partial charge in [0.2, 0.25) is 0 Å². The van der Waals surface area contributed by atoms with Crippen molar-refractivity contribution >= 4 is 0 Å². The molecule has 0 aromatic heterocycles. The maximum atomic E-state index is 11.1. The van der Waals surface area contributed by atoms with Crippen LogP contribution in [0.3, 0.4) is 0 Å². The van der Waals surface area contributed by atoms with Crippen molar-refractivity contribution in [2.75, 3.05) is 0 Å². The molecule has 0 aliphatic heterocycles.